The fraction of sp³-hybridized carbons (Fsp3) is 0.769. The van der Waals surface area contributed by atoms with E-state index in [0.29, 0.717) is 18.5 Å². The van der Waals surface area contributed by atoms with E-state index in [-0.39, 0.29) is 22.6 Å². The van der Waals surface area contributed by atoms with Crippen LogP contribution in [0.15, 0.2) is 5.03 Å². The molecule has 1 aromatic rings. The quantitative estimate of drug-likeness (QED) is 0.711. The highest BCUT2D eigenvalue weighted by molar-refractivity contribution is 7.89. The smallest absolute Gasteiger partial charge is 0.260 e. The summed E-state index contributed by atoms with van der Waals surface area (Å²) in [6.45, 7) is 6.27. The van der Waals surface area contributed by atoms with Crippen molar-refractivity contribution < 1.29 is 13.2 Å². The van der Waals surface area contributed by atoms with Gasteiger partial charge in [-0.05, 0) is 20.4 Å². The lowest BCUT2D eigenvalue weighted by Crippen LogP contribution is -2.61. The molecule has 0 aromatic carbocycles. The van der Waals surface area contributed by atoms with Crippen LogP contribution in [0, 0.1) is 12.3 Å². The molecule has 2 rings (SSSR count). The number of hydrogen-bond donors (Lipinski definition) is 3. The number of H-pyrrole nitrogens is 1. The zero-order valence-electron chi connectivity index (χ0n) is 13.1. The van der Waals surface area contributed by atoms with Crippen LogP contribution in [0.2, 0.25) is 0 Å². The van der Waals surface area contributed by atoms with Crippen LogP contribution >= 0.6 is 0 Å². The number of aromatic nitrogens is 2. The summed E-state index contributed by atoms with van der Waals surface area (Å²) in [7, 11) is -0.219. The first-order valence-corrected chi connectivity index (χ1v) is 8.46. The molecule has 3 N–H and O–H groups in total. The summed E-state index contributed by atoms with van der Waals surface area (Å²) in [5, 5.41) is 9.74. The third kappa shape index (κ3) is 2.85. The maximum Gasteiger partial charge on any atom is 0.260 e. The monoisotopic (exact) mass is 316 g/mol. The summed E-state index contributed by atoms with van der Waals surface area (Å²) < 4.78 is 33.2. The number of methoxy groups -OCH3 is 1. The van der Waals surface area contributed by atoms with Crippen molar-refractivity contribution in [2.75, 3.05) is 14.2 Å². The fourth-order valence-electron chi connectivity index (χ4n) is 2.77. The average molecular weight is 316 g/mol. The van der Waals surface area contributed by atoms with Gasteiger partial charge in [-0.1, -0.05) is 13.8 Å². The van der Waals surface area contributed by atoms with Gasteiger partial charge in [0.05, 0.1) is 6.10 Å². The molecule has 1 aliphatic carbocycles. The third-order valence-corrected chi connectivity index (χ3v) is 5.85. The van der Waals surface area contributed by atoms with Gasteiger partial charge < -0.3 is 10.1 Å². The highest BCUT2D eigenvalue weighted by Crippen LogP contribution is 2.43. The first-order valence-electron chi connectivity index (χ1n) is 6.97. The summed E-state index contributed by atoms with van der Waals surface area (Å²) in [5.74, 6) is 0. The van der Waals surface area contributed by atoms with Crippen LogP contribution in [0.25, 0.3) is 0 Å². The zero-order chi connectivity index (χ0) is 15.8. The molecule has 0 amide bonds. The number of rotatable bonds is 6. The molecule has 0 saturated heterocycles. The molecule has 2 unspecified atom stereocenters. The number of aromatic amines is 1. The van der Waals surface area contributed by atoms with Gasteiger partial charge in [0.25, 0.3) is 10.0 Å². The molecule has 1 fully saturated rings. The fourth-order valence-corrected chi connectivity index (χ4v) is 4.37. The largest absolute Gasteiger partial charge is 0.381 e. The zero-order valence-corrected chi connectivity index (χ0v) is 14.0. The molecule has 1 heterocycles. The van der Waals surface area contributed by atoms with E-state index in [9.17, 15) is 8.42 Å². The van der Waals surface area contributed by atoms with Gasteiger partial charge in [0.2, 0.25) is 0 Å². The molecule has 0 spiro atoms. The maximum absolute atomic E-state index is 12.6. The van der Waals surface area contributed by atoms with Gasteiger partial charge >= 0.3 is 0 Å². The molecular formula is C13H24N4O3S. The Kier molecular flexibility index (Phi) is 4.44. The number of aryl methyl sites for hydroxylation is 1. The van der Waals surface area contributed by atoms with Crippen LogP contribution in [0.3, 0.4) is 0 Å². The van der Waals surface area contributed by atoms with E-state index >= 15 is 0 Å². The second-order valence-electron chi connectivity index (χ2n) is 6.12. The molecule has 21 heavy (non-hydrogen) atoms. The van der Waals surface area contributed by atoms with E-state index in [4.69, 9.17) is 4.74 Å². The molecule has 1 saturated carbocycles. The van der Waals surface area contributed by atoms with Gasteiger partial charge in [-0.2, -0.15) is 5.10 Å². The molecule has 2 atom stereocenters. The van der Waals surface area contributed by atoms with Crippen LogP contribution in [-0.4, -0.2) is 44.9 Å². The van der Waals surface area contributed by atoms with Crippen molar-refractivity contribution in [1.82, 2.24) is 20.2 Å². The summed E-state index contributed by atoms with van der Waals surface area (Å²) in [6, 6.07) is -0.146. The number of sulfonamides is 1. The van der Waals surface area contributed by atoms with Gasteiger partial charge in [0, 0.05) is 36.4 Å². The van der Waals surface area contributed by atoms with Gasteiger partial charge in [-0.15, -0.1) is 0 Å². The van der Waals surface area contributed by atoms with E-state index < -0.39 is 10.0 Å². The van der Waals surface area contributed by atoms with Gasteiger partial charge in [0.15, 0.2) is 5.03 Å². The summed E-state index contributed by atoms with van der Waals surface area (Å²) >= 11 is 0. The normalized spacial score (nSPS) is 24.8. The molecule has 0 aliphatic heterocycles. The average Bonchev–Trinajstić information content (AvgIpc) is 2.77. The topological polar surface area (TPSA) is 96.1 Å². The lowest BCUT2D eigenvalue weighted by molar-refractivity contribution is -0.0908. The number of nitrogens with one attached hydrogen (secondary N) is 3. The number of nitrogens with zero attached hydrogens (tertiary/aromatic N) is 1. The molecular weight excluding hydrogens is 292 g/mol. The first-order chi connectivity index (χ1) is 9.74. The van der Waals surface area contributed by atoms with Crippen molar-refractivity contribution in [3.63, 3.8) is 0 Å². The van der Waals surface area contributed by atoms with Crippen LogP contribution in [0.5, 0.6) is 0 Å². The molecule has 7 nitrogen and oxygen atoms in total. The van der Waals surface area contributed by atoms with Crippen LogP contribution in [-0.2, 0) is 21.3 Å². The molecule has 1 aliphatic rings. The first kappa shape index (κ1) is 16.4. The lowest BCUT2D eigenvalue weighted by Gasteiger charge is -2.50. The highest BCUT2D eigenvalue weighted by Gasteiger charge is 2.50. The summed E-state index contributed by atoms with van der Waals surface area (Å²) in [5.41, 5.74) is 1.20. The molecule has 0 bridgehead atoms. The van der Waals surface area contributed by atoms with Gasteiger partial charge in [-0.25, -0.2) is 13.1 Å². The Morgan fingerprint density at radius 1 is 1.48 bits per heavy atom. The molecule has 1 aromatic heterocycles. The van der Waals surface area contributed by atoms with E-state index in [1.54, 1.807) is 14.2 Å². The van der Waals surface area contributed by atoms with Gasteiger partial charge in [-0.3, -0.25) is 5.10 Å². The van der Waals surface area contributed by atoms with E-state index in [1.807, 2.05) is 20.8 Å². The third-order valence-electron chi connectivity index (χ3n) is 4.40. The Hall–Kier alpha value is -0.960. The van der Waals surface area contributed by atoms with Crippen molar-refractivity contribution in [3.8, 4) is 0 Å². The van der Waals surface area contributed by atoms with Crippen molar-refractivity contribution >= 4 is 10.0 Å². The maximum atomic E-state index is 12.6. The Balaban J connectivity index is 2.21. The second kappa shape index (κ2) is 5.68. The molecule has 120 valence electrons. The van der Waals surface area contributed by atoms with E-state index in [0.717, 1.165) is 5.69 Å². The standard InChI is InChI=1S/C13H24N4O3S/c1-8-9(7-14-4)12(16-15-8)21(18,19)17-10-6-11(20-5)13(10,2)3/h10-11,14,17H,6-7H2,1-5H3,(H,15,16). The van der Waals surface area contributed by atoms with Crippen molar-refractivity contribution in [2.45, 2.75) is 50.9 Å². The van der Waals surface area contributed by atoms with E-state index in [2.05, 4.69) is 20.2 Å². The summed E-state index contributed by atoms with van der Waals surface area (Å²) in [6.07, 6.45) is 0.746. The predicted octanol–water partition coefficient (Wildman–Crippen LogP) is 0.529. The molecule has 8 heteroatoms. The van der Waals surface area contributed by atoms with Crippen LogP contribution < -0.4 is 10.0 Å². The Morgan fingerprint density at radius 3 is 2.67 bits per heavy atom. The minimum atomic E-state index is -3.64. The highest BCUT2D eigenvalue weighted by atomic mass is 32.2. The molecule has 0 radical (unpaired) electrons. The summed E-state index contributed by atoms with van der Waals surface area (Å²) in [4.78, 5) is 0. The lowest BCUT2D eigenvalue weighted by atomic mass is 9.65. The SMILES string of the molecule is CNCc1c(S(=O)(=O)NC2CC(OC)C2(C)C)n[nH]c1C. The predicted molar refractivity (Wildman–Crippen MR) is 79.4 cm³/mol. The van der Waals surface area contributed by atoms with Crippen LogP contribution in [0.4, 0.5) is 0 Å². The van der Waals surface area contributed by atoms with Crippen LogP contribution in [0.1, 0.15) is 31.5 Å². The number of ether oxygens (including phenoxy) is 1. The van der Waals surface area contributed by atoms with Crippen molar-refractivity contribution in [1.29, 1.82) is 0 Å². The minimum absolute atomic E-state index is 0.0721. The van der Waals surface area contributed by atoms with E-state index in [1.165, 1.54) is 0 Å². The second-order valence-corrected chi connectivity index (χ2v) is 7.75. The Bertz CT molecular complexity index is 609. The van der Waals surface area contributed by atoms with Crippen molar-refractivity contribution in [2.24, 2.45) is 5.41 Å². The Morgan fingerprint density at radius 2 is 2.14 bits per heavy atom. The van der Waals surface area contributed by atoms with Crippen molar-refractivity contribution in [3.05, 3.63) is 11.3 Å². The minimum Gasteiger partial charge on any atom is -0.381 e. The Labute approximate surface area is 125 Å². The van der Waals surface area contributed by atoms with Gasteiger partial charge in [0.1, 0.15) is 0 Å². The number of hydrogen-bond acceptors (Lipinski definition) is 5.